The summed E-state index contributed by atoms with van der Waals surface area (Å²) in [7, 11) is 0. The molecule has 0 fully saturated rings. The molecule has 4 nitrogen and oxygen atoms in total. The molecule has 1 aromatic carbocycles. The molecule has 0 radical (unpaired) electrons. The Balaban J connectivity index is 2.57. The van der Waals surface area contributed by atoms with Crippen molar-refractivity contribution >= 4 is 28.5 Å². The summed E-state index contributed by atoms with van der Waals surface area (Å²) in [6.07, 6.45) is 0. The number of nitrogens with zero attached hydrogens (tertiary/aromatic N) is 2. The number of nitrogens with two attached hydrogens (primary N) is 1. The molecule has 0 saturated heterocycles. The van der Waals surface area contributed by atoms with Gasteiger partial charge in [-0.2, -0.15) is 0 Å². The Morgan fingerprint density at radius 1 is 1.47 bits per heavy atom. The van der Waals surface area contributed by atoms with E-state index in [4.69, 9.17) is 17.3 Å². The average molecular weight is 280 g/mol. The molecule has 1 atom stereocenters. The lowest BCUT2D eigenvalue weighted by atomic mass is 9.92. The molecule has 1 aromatic heterocycles. The van der Waals surface area contributed by atoms with E-state index >= 15 is 0 Å². The summed E-state index contributed by atoms with van der Waals surface area (Å²) in [6.45, 7) is 5.99. The number of carbonyl (C=O) groups excluding carboxylic acids is 1. The maximum absolute atomic E-state index is 11.5. The molecule has 0 saturated carbocycles. The lowest BCUT2D eigenvalue weighted by molar-refractivity contribution is -0.126. The fraction of sp³-hybridized carbons (Fsp3) is 0.429. The third-order valence-corrected chi connectivity index (χ3v) is 3.46. The molecule has 2 N–H and O–H groups in total. The molecule has 1 unspecified atom stereocenters. The number of amides is 1. The number of imidazole rings is 1. The van der Waals surface area contributed by atoms with Gasteiger partial charge in [-0.3, -0.25) is 4.79 Å². The zero-order chi connectivity index (χ0) is 14.2. The molecule has 0 spiro atoms. The van der Waals surface area contributed by atoms with Crippen LogP contribution >= 0.6 is 11.6 Å². The molecule has 102 valence electrons. The Morgan fingerprint density at radius 2 is 2.11 bits per heavy atom. The Labute approximate surface area is 117 Å². The number of fused-ring (bicyclic) bond motifs is 1. The van der Waals surface area contributed by atoms with Crippen molar-refractivity contribution in [2.45, 2.75) is 32.7 Å². The minimum absolute atomic E-state index is 0.226. The second-order valence-electron chi connectivity index (χ2n) is 5.41. The second kappa shape index (κ2) is 4.85. The Hall–Kier alpha value is -1.55. The van der Waals surface area contributed by atoms with E-state index < -0.39 is 5.41 Å². The van der Waals surface area contributed by atoms with Crippen molar-refractivity contribution in [1.29, 1.82) is 0 Å². The Kier molecular flexibility index (Phi) is 3.54. The molecule has 1 amide bonds. The van der Waals surface area contributed by atoms with Crippen LogP contribution in [0, 0.1) is 5.41 Å². The van der Waals surface area contributed by atoms with Gasteiger partial charge in [0.25, 0.3) is 0 Å². The monoisotopic (exact) mass is 279 g/mol. The van der Waals surface area contributed by atoms with E-state index in [-0.39, 0.29) is 11.3 Å². The average Bonchev–Trinajstić information content (AvgIpc) is 2.68. The highest BCUT2D eigenvalue weighted by Crippen LogP contribution is 2.28. The maximum Gasteiger partial charge on any atom is 0.224 e. The summed E-state index contributed by atoms with van der Waals surface area (Å²) in [5, 5.41) is -0.226. The molecular weight excluding hydrogens is 262 g/mol. The zero-order valence-corrected chi connectivity index (χ0v) is 12.1. The number of aromatic nitrogens is 2. The summed E-state index contributed by atoms with van der Waals surface area (Å²) in [5.74, 6) is 0.427. The van der Waals surface area contributed by atoms with Crippen LogP contribution in [0.1, 0.15) is 32.0 Å². The minimum atomic E-state index is -0.649. The van der Waals surface area contributed by atoms with Crippen molar-refractivity contribution in [3.63, 3.8) is 0 Å². The third kappa shape index (κ3) is 2.59. The number of rotatable bonds is 4. The van der Waals surface area contributed by atoms with Crippen molar-refractivity contribution in [2.75, 3.05) is 0 Å². The summed E-state index contributed by atoms with van der Waals surface area (Å²) < 4.78 is 1.98. The van der Waals surface area contributed by atoms with Crippen LogP contribution in [0.4, 0.5) is 0 Å². The van der Waals surface area contributed by atoms with Crippen LogP contribution in [-0.2, 0) is 11.3 Å². The van der Waals surface area contributed by atoms with Crippen LogP contribution in [0.2, 0.25) is 0 Å². The molecule has 0 aliphatic heterocycles. The van der Waals surface area contributed by atoms with Crippen LogP contribution in [-0.4, -0.2) is 15.5 Å². The summed E-state index contributed by atoms with van der Waals surface area (Å²) in [4.78, 5) is 16.1. The number of hydrogen-bond donors (Lipinski definition) is 1. The number of primary amides is 1. The highest BCUT2D eigenvalue weighted by molar-refractivity contribution is 6.20. The van der Waals surface area contributed by atoms with E-state index in [2.05, 4.69) is 4.98 Å². The largest absolute Gasteiger partial charge is 0.369 e. The minimum Gasteiger partial charge on any atom is -0.369 e. The van der Waals surface area contributed by atoms with Crippen molar-refractivity contribution in [1.82, 2.24) is 9.55 Å². The molecule has 0 aliphatic rings. The van der Waals surface area contributed by atoms with Gasteiger partial charge in [-0.1, -0.05) is 12.1 Å². The summed E-state index contributed by atoms with van der Waals surface area (Å²) in [5.41, 5.74) is 6.65. The first-order valence-electron chi connectivity index (χ1n) is 6.22. The number of alkyl halides is 1. The normalized spacial score (nSPS) is 13.7. The van der Waals surface area contributed by atoms with Gasteiger partial charge in [0.15, 0.2) is 0 Å². The topological polar surface area (TPSA) is 60.9 Å². The first kappa shape index (κ1) is 13.9. The van der Waals surface area contributed by atoms with Crippen molar-refractivity contribution in [3.8, 4) is 0 Å². The van der Waals surface area contributed by atoms with Crippen LogP contribution in [0.15, 0.2) is 24.3 Å². The van der Waals surface area contributed by atoms with E-state index in [9.17, 15) is 4.79 Å². The van der Waals surface area contributed by atoms with E-state index in [1.54, 1.807) is 0 Å². The fourth-order valence-corrected chi connectivity index (χ4v) is 2.20. The Morgan fingerprint density at radius 3 is 2.68 bits per heavy atom. The van der Waals surface area contributed by atoms with Gasteiger partial charge in [0.05, 0.1) is 21.8 Å². The van der Waals surface area contributed by atoms with Gasteiger partial charge in [-0.15, -0.1) is 11.6 Å². The van der Waals surface area contributed by atoms with Gasteiger partial charge in [-0.25, -0.2) is 4.98 Å². The van der Waals surface area contributed by atoms with Gasteiger partial charge >= 0.3 is 0 Å². The van der Waals surface area contributed by atoms with Gasteiger partial charge in [0, 0.05) is 6.54 Å². The van der Waals surface area contributed by atoms with Gasteiger partial charge in [0.1, 0.15) is 5.82 Å². The van der Waals surface area contributed by atoms with Crippen LogP contribution in [0.5, 0.6) is 0 Å². The van der Waals surface area contributed by atoms with Crippen LogP contribution < -0.4 is 5.73 Å². The number of benzene rings is 1. The summed E-state index contributed by atoms with van der Waals surface area (Å²) in [6, 6.07) is 7.79. The lowest BCUT2D eigenvalue weighted by Crippen LogP contribution is -2.35. The van der Waals surface area contributed by atoms with Gasteiger partial charge in [-0.05, 0) is 32.9 Å². The molecule has 0 bridgehead atoms. The smallest absolute Gasteiger partial charge is 0.224 e. The quantitative estimate of drug-likeness (QED) is 0.875. The zero-order valence-electron chi connectivity index (χ0n) is 11.4. The van der Waals surface area contributed by atoms with Crippen LogP contribution in [0.3, 0.4) is 0 Å². The second-order valence-corrected chi connectivity index (χ2v) is 6.06. The predicted molar refractivity (Wildman–Crippen MR) is 77.0 cm³/mol. The third-order valence-electron chi connectivity index (χ3n) is 3.26. The van der Waals surface area contributed by atoms with E-state index in [1.165, 1.54) is 0 Å². The molecule has 1 heterocycles. The molecule has 2 aromatic rings. The van der Waals surface area contributed by atoms with Crippen molar-refractivity contribution < 1.29 is 4.79 Å². The number of hydrogen-bond acceptors (Lipinski definition) is 2. The first-order valence-corrected chi connectivity index (χ1v) is 6.66. The Bertz CT molecular complexity index is 616. The number of halogens is 1. The molecule has 5 heteroatoms. The van der Waals surface area contributed by atoms with E-state index in [0.29, 0.717) is 6.54 Å². The highest BCUT2D eigenvalue weighted by atomic mass is 35.5. The molecule has 0 aliphatic carbocycles. The summed E-state index contributed by atoms with van der Waals surface area (Å²) >= 11 is 6.19. The van der Waals surface area contributed by atoms with Crippen LogP contribution in [0.25, 0.3) is 11.0 Å². The fourth-order valence-electron chi connectivity index (χ4n) is 2.04. The maximum atomic E-state index is 11.5. The van der Waals surface area contributed by atoms with Gasteiger partial charge in [0.2, 0.25) is 5.91 Å². The molecule has 2 rings (SSSR count). The van der Waals surface area contributed by atoms with Crippen molar-refractivity contribution in [3.05, 3.63) is 30.1 Å². The van der Waals surface area contributed by atoms with Gasteiger partial charge < -0.3 is 10.3 Å². The van der Waals surface area contributed by atoms with E-state index in [0.717, 1.165) is 16.9 Å². The predicted octanol–water partition coefficient (Wildman–Crippen LogP) is 2.85. The molecule has 19 heavy (non-hydrogen) atoms. The van der Waals surface area contributed by atoms with Crippen molar-refractivity contribution in [2.24, 2.45) is 11.1 Å². The number of para-hydroxylation sites is 2. The SMILES string of the molecule is CC(Cl)c1nc2ccccc2n1CC(C)(C)C(N)=O. The molecular formula is C14H18ClN3O. The lowest BCUT2D eigenvalue weighted by Gasteiger charge is -2.23. The standard InChI is InChI=1S/C14H18ClN3O/c1-9(15)12-17-10-6-4-5-7-11(10)18(12)8-14(2,3)13(16)19/h4-7,9H,8H2,1-3H3,(H2,16,19). The number of carbonyl (C=O) groups is 1. The first-order chi connectivity index (χ1) is 8.83. The van der Waals surface area contributed by atoms with E-state index in [1.807, 2.05) is 49.6 Å². The highest BCUT2D eigenvalue weighted by Gasteiger charge is 2.28.